The number of benzene rings is 2. The molecule has 0 radical (unpaired) electrons. The van der Waals surface area contributed by atoms with E-state index in [0.29, 0.717) is 35.7 Å². The molecule has 2 amide bonds. The molecular formula is C25H25F2N5O3. The smallest absolute Gasteiger partial charge is 0.414 e. The van der Waals surface area contributed by atoms with E-state index in [4.69, 9.17) is 4.74 Å². The summed E-state index contributed by atoms with van der Waals surface area (Å²) in [5.74, 6) is -0.970. The van der Waals surface area contributed by atoms with E-state index in [2.05, 4.69) is 10.4 Å². The molecule has 0 aliphatic carbocycles. The van der Waals surface area contributed by atoms with E-state index in [1.54, 1.807) is 36.4 Å². The first-order chi connectivity index (χ1) is 16.9. The number of nitrogens with zero attached hydrogens (tertiary/aromatic N) is 4. The topological polar surface area (TPSA) is 79.7 Å². The maximum atomic E-state index is 15.1. The van der Waals surface area contributed by atoms with Gasteiger partial charge in [-0.2, -0.15) is 5.10 Å². The van der Waals surface area contributed by atoms with Crippen molar-refractivity contribution >= 4 is 23.4 Å². The maximum Gasteiger partial charge on any atom is 0.414 e. The van der Waals surface area contributed by atoms with Crippen molar-refractivity contribution in [1.82, 2.24) is 15.1 Å². The predicted molar refractivity (Wildman–Crippen MR) is 126 cm³/mol. The predicted octanol–water partition coefficient (Wildman–Crippen LogP) is 3.74. The first-order valence-corrected chi connectivity index (χ1v) is 11.5. The van der Waals surface area contributed by atoms with Crippen LogP contribution < -0.4 is 15.1 Å². The number of ether oxygens (including phenoxy) is 1. The van der Waals surface area contributed by atoms with E-state index in [1.165, 1.54) is 24.0 Å². The van der Waals surface area contributed by atoms with Crippen LogP contribution in [0.5, 0.6) is 0 Å². The maximum absolute atomic E-state index is 15.1. The summed E-state index contributed by atoms with van der Waals surface area (Å²) in [6.07, 6.45) is 1.53. The number of hydrogen-bond acceptors (Lipinski definition) is 5. The minimum absolute atomic E-state index is 0.0256. The van der Waals surface area contributed by atoms with Crippen LogP contribution in [-0.2, 0) is 9.53 Å². The second-order valence-corrected chi connectivity index (χ2v) is 8.74. The fourth-order valence-corrected chi connectivity index (χ4v) is 4.55. The second-order valence-electron chi connectivity index (χ2n) is 8.74. The molecule has 1 N–H and O–H groups in total. The molecule has 182 valence electrons. The van der Waals surface area contributed by atoms with Crippen molar-refractivity contribution < 1.29 is 23.1 Å². The minimum atomic E-state index is -0.571. The number of amides is 2. The number of carbonyl (C=O) groups excluding carboxylic acids is 2. The lowest BCUT2D eigenvalue weighted by atomic mass is 10.1. The standard InChI is InChI=1S/C25H25F2N5O3/c1-16(33)28-13-19-15-31(25(34)35-19)17-6-7-24(22(27)12-17)30-10-8-18(14-30)32-11-9-23(29-32)20-4-2-3-5-21(20)26/h2-7,9,11-12,18-19H,8,10,13-15H2,1H3,(H,28,33). The third-order valence-corrected chi connectivity index (χ3v) is 6.33. The zero-order valence-corrected chi connectivity index (χ0v) is 19.2. The summed E-state index contributed by atoms with van der Waals surface area (Å²) in [5, 5.41) is 7.17. The summed E-state index contributed by atoms with van der Waals surface area (Å²) in [4.78, 5) is 26.6. The van der Waals surface area contributed by atoms with Crippen molar-refractivity contribution in [2.75, 3.05) is 36.0 Å². The quantitative estimate of drug-likeness (QED) is 0.580. The largest absolute Gasteiger partial charge is 0.442 e. The highest BCUT2D eigenvalue weighted by Gasteiger charge is 2.33. The lowest BCUT2D eigenvalue weighted by Gasteiger charge is -2.21. The normalized spacial score (nSPS) is 19.8. The number of carbonyl (C=O) groups is 2. The van der Waals surface area contributed by atoms with Gasteiger partial charge in [0.15, 0.2) is 0 Å². The summed E-state index contributed by atoms with van der Waals surface area (Å²) >= 11 is 0. The van der Waals surface area contributed by atoms with Gasteiger partial charge in [0.2, 0.25) is 5.91 Å². The number of rotatable bonds is 6. The molecule has 2 aromatic carbocycles. The van der Waals surface area contributed by atoms with Gasteiger partial charge in [0.25, 0.3) is 0 Å². The van der Waals surface area contributed by atoms with Crippen molar-refractivity contribution in [2.45, 2.75) is 25.5 Å². The molecule has 2 aliphatic heterocycles. The molecule has 0 bridgehead atoms. The van der Waals surface area contributed by atoms with Crippen LogP contribution in [0.1, 0.15) is 19.4 Å². The molecule has 10 heteroatoms. The molecule has 3 heterocycles. The minimum Gasteiger partial charge on any atom is -0.442 e. The Morgan fingerprint density at radius 2 is 1.97 bits per heavy atom. The van der Waals surface area contributed by atoms with Gasteiger partial charge in [0.05, 0.1) is 36.2 Å². The van der Waals surface area contributed by atoms with Crippen LogP contribution in [0.4, 0.5) is 25.0 Å². The van der Waals surface area contributed by atoms with Gasteiger partial charge in [0.1, 0.15) is 17.7 Å². The molecule has 0 spiro atoms. The average Bonchev–Trinajstić information content (AvgIpc) is 3.57. The third-order valence-electron chi connectivity index (χ3n) is 6.33. The average molecular weight is 482 g/mol. The monoisotopic (exact) mass is 481 g/mol. The highest BCUT2D eigenvalue weighted by molar-refractivity contribution is 5.90. The second kappa shape index (κ2) is 9.36. The zero-order valence-electron chi connectivity index (χ0n) is 19.2. The summed E-state index contributed by atoms with van der Waals surface area (Å²) < 4.78 is 36.3. The van der Waals surface area contributed by atoms with Gasteiger partial charge in [-0.25, -0.2) is 13.6 Å². The van der Waals surface area contributed by atoms with Gasteiger partial charge in [-0.3, -0.25) is 14.4 Å². The molecule has 1 aromatic heterocycles. The van der Waals surface area contributed by atoms with Crippen LogP contribution >= 0.6 is 0 Å². The van der Waals surface area contributed by atoms with Crippen molar-refractivity contribution in [3.8, 4) is 11.3 Å². The number of nitrogens with one attached hydrogen (secondary N) is 1. The Bertz CT molecular complexity index is 1260. The SMILES string of the molecule is CC(=O)NCC1CN(c2ccc(N3CCC(n4ccc(-c5ccccc5F)n4)C3)c(F)c2)C(=O)O1. The van der Waals surface area contributed by atoms with E-state index in [9.17, 15) is 14.0 Å². The zero-order chi connectivity index (χ0) is 24.5. The van der Waals surface area contributed by atoms with Crippen molar-refractivity contribution in [2.24, 2.45) is 0 Å². The molecule has 2 aliphatic rings. The fourth-order valence-electron chi connectivity index (χ4n) is 4.55. The molecule has 8 nitrogen and oxygen atoms in total. The van der Waals surface area contributed by atoms with E-state index in [0.717, 1.165) is 6.42 Å². The molecule has 3 aromatic rings. The summed E-state index contributed by atoms with van der Waals surface area (Å²) in [7, 11) is 0. The number of hydrogen-bond donors (Lipinski definition) is 1. The fraction of sp³-hybridized carbons (Fsp3) is 0.320. The first kappa shape index (κ1) is 22.8. The van der Waals surface area contributed by atoms with E-state index < -0.39 is 18.0 Å². The Morgan fingerprint density at radius 3 is 2.74 bits per heavy atom. The molecule has 2 fully saturated rings. The molecule has 2 saturated heterocycles. The number of cyclic esters (lactones) is 1. The molecule has 2 unspecified atom stereocenters. The Balaban J connectivity index is 1.25. The van der Waals surface area contributed by atoms with Crippen LogP contribution in [0.3, 0.4) is 0 Å². The van der Waals surface area contributed by atoms with Gasteiger partial charge < -0.3 is 15.0 Å². The number of anilines is 2. The van der Waals surface area contributed by atoms with Crippen molar-refractivity contribution in [1.29, 1.82) is 0 Å². The number of aromatic nitrogens is 2. The third kappa shape index (κ3) is 4.68. The van der Waals surface area contributed by atoms with E-state index >= 15 is 4.39 Å². The molecule has 0 saturated carbocycles. The molecule has 2 atom stereocenters. The van der Waals surface area contributed by atoms with Gasteiger partial charge in [-0.1, -0.05) is 12.1 Å². The van der Waals surface area contributed by atoms with Crippen molar-refractivity contribution in [3.63, 3.8) is 0 Å². The van der Waals surface area contributed by atoms with Crippen LogP contribution in [-0.4, -0.2) is 54.1 Å². The first-order valence-electron chi connectivity index (χ1n) is 11.5. The highest BCUT2D eigenvalue weighted by atomic mass is 19.1. The Kier molecular flexibility index (Phi) is 6.10. The van der Waals surface area contributed by atoms with Gasteiger partial charge in [-0.15, -0.1) is 0 Å². The van der Waals surface area contributed by atoms with Crippen LogP contribution in [0.25, 0.3) is 11.3 Å². The summed E-state index contributed by atoms with van der Waals surface area (Å²) in [6, 6.07) is 13.0. The Labute approximate surface area is 201 Å². The Morgan fingerprint density at radius 1 is 1.14 bits per heavy atom. The van der Waals surface area contributed by atoms with Gasteiger partial charge in [-0.05, 0) is 42.8 Å². The molecular weight excluding hydrogens is 456 g/mol. The van der Waals surface area contributed by atoms with Crippen molar-refractivity contribution in [3.05, 3.63) is 66.4 Å². The summed E-state index contributed by atoms with van der Waals surface area (Å²) in [6.45, 7) is 3.02. The Hall–Kier alpha value is -3.95. The van der Waals surface area contributed by atoms with Crippen LogP contribution in [0.15, 0.2) is 54.7 Å². The van der Waals surface area contributed by atoms with E-state index in [1.807, 2.05) is 15.8 Å². The lowest BCUT2D eigenvalue weighted by molar-refractivity contribution is -0.119. The van der Waals surface area contributed by atoms with Gasteiger partial charge in [0, 0.05) is 31.8 Å². The molecule has 35 heavy (non-hydrogen) atoms. The van der Waals surface area contributed by atoms with Crippen LogP contribution in [0.2, 0.25) is 0 Å². The lowest BCUT2D eigenvalue weighted by Crippen LogP contribution is -2.33. The summed E-state index contributed by atoms with van der Waals surface area (Å²) in [5.41, 5.74) is 1.85. The van der Waals surface area contributed by atoms with Crippen LogP contribution in [0, 0.1) is 11.6 Å². The molecule has 5 rings (SSSR count). The van der Waals surface area contributed by atoms with Gasteiger partial charge >= 0.3 is 6.09 Å². The number of halogens is 2. The van der Waals surface area contributed by atoms with E-state index in [-0.39, 0.29) is 30.9 Å². The highest BCUT2D eigenvalue weighted by Crippen LogP contribution is 2.32.